The number of rotatable bonds is 3. The molecule has 0 radical (unpaired) electrons. The molecular weight excluding hydrogens is 344 g/mol. The minimum absolute atomic E-state index is 0.00496. The lowest BCUT2D eigenvalue weighted by atomic mass is 9.99. The molecule has 1 atom stereocenters. The summed E-state index contributed by atoms with van der Waals surface area (Å²) in [6.07, 6.45) is 7.09. The molecule has 0 fully saturated rings. The molecule has 0 saturated heterocycles. The lowest BCUT2D eigenvalue weighted by Crippen LogP contribution is -2.26. The summed E-state index contributed by atoms with van der Waals surface area (Å²) in [6.45, 7) is -0.795. The van der Waals surface area contributed by atoms with Crippen LogP contribution in [0.5, 0.6) is 0 Å². The Labute approximate surface area is 161 Å². The third kappa shape index (κ3) is 2.96. The van der Waals surface area contributed by atoms with E-state index in [4.69, 9.17) is 8.85 Å². The minimum atomic E-state index is -2.63. The fraction of sp³-hybridized carbons (Fsp3) is 0.350. The number of anilines is 1. The first-order chi connectivity index (χ1) is 14.3. The van der Waals surface area contributed by atoms with Crippen LogP contribution < -0.4 is 10.2 Å². The maximum absolute atomic E-state index is 11.8. The lowest BCUT2D eigenvalue weighted by molar-refractivity contribution is -0.121. The first kappa shape index (κ1) is 13.9. The summed E-state index contributed by atoms with van der Waals surface area (Å²) in [5, 5.41) is 3.02. The van der Waals surface area contributed by atoms with E-state index in [1.807, 2.05) is 6.92 Å². The van der Waals surface area contributed by atoms with Crippen LogP contribution in [-0.2, 0) is 27.4 Å². The molecule has 2 aliphatic rings. The van der Waals surface area contributed by atoms with Gasteiger partial charge in [0.1, 0.15) is 12.4 Å². The Morgan fingerprint density at radius 2 is 2.37 bits per heavy atom. The van der Waals surface area contributed by atoms with Gasteiger partial charge < -0.3 is 10.1 Å². The molecule has 3 heterocycles. The largest absolute Gasteiger partial charge is 0.466 e. The van der Waals surface area contributed by atoms with E-state index in [0.717, 1.165) is 40.0 Å². The first-order valence-corrected chi connectivity index (χ1v) is 8.77. The Bertz CT molecular complexity index is 1060. The minimum Gasteiger partial charge on any atom is -0.466 e. The Kier molecular flexibility index (Phi) is 3.54. The Morgan fingerprint density at radius 1 is 1.48 bits per heavy atom. The summed E-state index contributed by atoms with van der Waals surface area (Å²) < 4.78 is 28.4. The zero-order valence-electron chi connectivity index (χ0n) is 17.8. The topological polar surface area (TPSA) is 84.4 Å². The molecule has 27 heavy (non-hydrogen) atoms. The van der Waals surface area contributed by atoms with Crippen LogP contribution in [0.4, 0.5) is 5.82 Å². The van der Waals surface area contributed by atoms with Gasteiger partial charge >= 0.3 is 0 Å². The number of hydrogen-bond donors (Lipinski definition) is 1. The van der Waals surface area contributed by atoms with Gasteiger partial charge in [-0.25, -0.2) is 9.78 Å². The molecule has 4 rings (SSSR count). The average Bonchev–Trinajstić information content (AvgIpc) is 3.14. The quantitative estimate of drug-likeness (QED) is 0.838. The molecule has 2 aromatic rings. The smallest absolute Gasteiger partial charge is 0.283 e. The monoisotopic (exact) mass is 367 g/mol. The maximum atomic E-state index is 11.8. The molecule has 0 saturated carbocycles. The predicted octanol–water partition coefficient (Wildman–Crippen LogP) is 2.30. The van der Waals surface area contributed by atoms with Crippen molar-refractivity contribution < 1.29 is 18.4 Å². The van der Waals surface area contributed by atoms with Crippen molar-refractivity contribution in [3.8, 4) is 11.1 Å². The Balaban J connectivity index is 1.73. The number of amides is 1. The van der Waals surface area contributed by atoms with Gasteiger partial charge in [0.2, 0.25) is 5.91 Å². The van der Waals surface area contributed by atoms with E-state index in [9.17, 15) is 9.59 Å². The molecule has 1 aliphatic carbocycles. The van der Waals surface area contributed by atoms with E-state index >= 15 is 0 Å². The highest BCUT2D eigenvalue weighted by atomic mass is 16.5. The number of ether oxygens (including phenoxy) is 1. The standard InChI is InChI=1S/C20H20N4O3/c1-3-18(26)23-17-5-4-14-15(8-21-9-16(14)17)12-6-13-11-27-19(10-25)24(2)20(13)22-7-12/h6-9,17H,3-5,11H2,1-2H3,(H,23,26)/t17-/m1/s1/i2D3. The summed E-state index contributed by atoms with van der Waals surface area (Å²) >= 11 is 0. The molecule has 2 aromatic heterocycles. The van der Waals surface area contributed by atoms with Crippen LogP contribution in [-0.4, -0.2) is 28.8 Å². The third-order valence-corrected chi connectivity index (χ3v) is 4.93. The summed E-state index contributed by atoms with van der Waals surface area (Å²) in [4.78, 5) is 32.4. The van der Waals surface area contributed by atoms with Crippen molar-refractivity contribution in [1.82, 2.24) is 15.3 Å². The first-order valence-electron chi connectivity index (χ1n) is 10.3. The number of carbonyl (C=O) groups is 1. The molecule has 7 nitrogen and oxygen atoms in total. The second-order valence-electron chi connectivity index (χ2n) is 6.51. The molecule has 0 aromatic carbocycles. The van der Waals surface area contributed by atoms with Crippen LogP contribution in [0.3, 0.4) is 0 Å². The number of aromatic nitrogens is 2. The number of nitrogens with zero attached hydrogens (tertiary/aromatic N) is 3. The van der Waals surface area contributed by atoms with Crippen LogP contribution in [0.15, 0.2) is 30.5 Å². The zero-order chi connectivity index (χ0) is 21.5. The van der Waals surface area contributed by atoms with Crippen molar-refractivity contribution >= 4 is 17.7 Å². The van der Waals surface area contributed by atoms with Gasteiger partial charge in [-0.15, -0.1) is 0 Å². The Morgan fingerprint density at radius 3 is 3.15 bits per heavy atom. The molecule has 0 spiro atoms. The van der Waals surface area contributed by atoms with Gasteiger partial charge in [-0.05, 0) is 30.0 Å². The van der Waals surface area contributed by atoms with Crippen molar-refractivity contribution in [2.75, 3.05) is 11.9 Å². The molecular formula is C20H20N4O3. The molecule has 1 amide bonds. The van der Waals surface area contributed by atoms with Gasteiger partial charge in [0.25, 0.3) is 5.88 Å². The fourth-order valence-corrected chi connectivity index (χ4v) is 3.56. The predicted molar refractivity (Wildman–Crippen MR) is 99.4 cm³/mol. The summed E-state index contributed by atoms with van der Waals surface area (Å²) in [7, 11) is 0. The third-order valence-electron chi connectivity index (χ3n) is 4.93. The van der Waals surface area contributed by atoms with Crippen molar-refractivity contribution in [2.45, 2.75) is 38.8 Å². The van der Waals surface area contributed by atoms with E-state index in [2.05, 4.69) is 15.3 Å². The van der Waals surface area contributed by atoms with E-state index in [0.29, 0.717) is 12.0 Å². The summed E-state index contributed by atoms with van der Waals surface area (Å²) in [5.74, 6) is 1.27. The van der Waals surface area contributed by atoms with Crippen LogP contribution in [0, 0.1) is 0 Å². The van der Waals surface area contributed by atoms with Gasteiger partial charge in [0.15, 0.2) is 5.94 Å². The lowest BCUT2D eigenvalue weighted by Gasteiger charge is -2.27. The van der Waals surface area contributed by atoms with Crippen LogP contribution >= 0.6 is 0 Å². The van der Waals surface area contributed by atoms with E-state index < -0.39 is 12.9 Å². The molecule has 138 valence electrons. The maximum Gasteiger partial charge on any atom is 0.283 e. The van der Waals surface area contributed by atoms with E-state index in [1.54, 1.807) is 24.7 Å². The van der Waals surface area contributed by atoms with Gasteiger partial charge in [0, 0.05) is 52.8 Å². The van der Waals surface area contributed by atoms with Crippen molar-refractivity contribution in [3.05, 3.63) is 47.2 Å². The van der Waals surface area contributed by atoms with Gasteiger partial charge in [-0.1, -0.05) is 6.92 Å². The number of nitrogens with one attached hydrogen (secondary N) is 1. The summed E-state index contributed by atoms with van der Waals surface area (Å²) in [5.41, 5.74) is 4.28. The highest BCUT2D eigenvalue weighted by molar-refractivity contribution is 5.77. The van der Waals surface area contributed by atoms with Gasteiger partial charge in [-0.2, -0.15) is 0 Å². The average molecular weight is 367 g/mol. The van der Waals surface area contributed by atoms with Crippen LogP contribution in [0.25, 0.3) is 11.1 Å². The molecule has 1 N–H and O–H groups in total. The molecule has 0 bridgehead atoms. The highest BCUT2D eigenvalue weighted by Gasteiger charge is 2.28. The van der Waals surface area contributed by atoms with Crippen molar-refractivity contribution in [3.63, 3.8) is 0 Å². The van der Waals surface area contributed by atoms with Crippen molar-refractivity contribution in [1.29, 1.82) is 0 Å². The number of hydrogen-bond acceptors (Lipinski definition) is 6. The molecule has 7 heteroatoms. The second kappa shape index (κ2) is 6.85. The molecule has 1 aliphatic heterocycles. The van der Waals surface area contributed by atoms with E-state index in [-0.39, 0.29) is 24.4 Å². The number of pyridine rings is 2. The fourth-order valence-electron chi connectivity index (χ4n) is 3.56. The van der Waals surface area contributed by atoms with Crippen molar-refractivity contribution in [2.24, 2.45) is 0 Å². The zero-order valence-corrected chi connectivity index (χ0v) is 14.8. The van der Waals surface area contributed by atoms with Gasteiger partial charge in [-0.3, -0.25) is 14.7 Å². The second-order valence-corrected chi connectivity index (χ2v) is 6.51. The number of fused-ring (bicyclic) bond motifs is 2. The SMILES string of the molecule is [2H]C([2H])([2H])N1C(=C=O)OCc2cc(-c3cncc4c3CC[C@H]4NC(=O)CC)cnc21. The van der Waals surface area contributed by atoms with E-state index in [1.165, 1.54) is 5.94 Å². The van der Waals surface area contributed by atoms with Gasteiger partial charge in [0.05, 0.1) is 6.04 Å². The van der Waals surface area contributed by atoms with Crippen LogP contribution in [0.2, 0.25) is 0 Å². The number of carbonyl (C=O) groups excluding carboxylic acids is 2. The Hall–Kier alpha value is -3.18. The normalized spacial score (nSPS) is 19.7. The van der Waals surface area contributed by atoms with Crippen LogP contribution in [0.1, 0.15) is 46.6 Å². The summed E-state index contributed by atoms with van der Waals surface area (Å²) in [6, 6.07) is 1.73. The molecule has 0 unspecified atom stereocenters. The highest BCUT2D eigenvalue weighted by Crippen LogP contribution is 2.38.